The number of hydrogen-bond acceptors (Lipinski definition) is 3. The molecule has 1 aromatic heterocycles. The monoisotopic (exact) mass is 278 g/mol. The Morgan fingerprint density at radius 2 is 2.05 bits per heavy atom. The molecule has 4 heteroatoms. The summed E-state index contributed by atoms with van der Waals surface area (Å²) in [5.74, 6) is 1.89. The van der Waals surface area contributed by atoms with E-state index in [-0.39, 0.29) is 0 Å². The van der Waals surface area contributed by atoms with Crippen molar-refractivity contribution in [3.8, 4) is 0 Å². The van der Waals surface area contributed by atoms with E-state index in [0.29, 0.717) is 6.04 Å². The minimum atomic E-state index is 0.660. The molecule has 114 valence electrons. The summed E-state index contributed by atoms with van der Waals surface area (Å²) in [7, 11) is 6.17. The molecule has 0 aromatic carbocycles. The van der Waals surface area contributed by atoms with E-state index in [1.807, 2.05) is 20.3 Å². The first-order chi connectivity index (χ1) is 9.63. The maximum absolute atomic E-state index is 4.48. The number of aromatic nitrogens is 2. The van der Waals surface area contributed by atoms with Crippen LogP contribution in [0.4, 0.5) is 5.95 Å². The summed E-state index contributed by atoms with van der Waals surface area (Å²) in [6.45, 7) is 3.23. The van der Waals surface area contributed by atoms with E-state index in [9.17, 15) is 0 Å². The van der Waals surface area contributed by atoms with Crippen molar-refractivity contribution in [1.29, 1.82) is 0 Å². The van der Waals surface area contributed by atoms with Crippen LogP contribution >= 0.6 is 0 Å². The van der Waals surface area contributed by atoms with E-state index in [4.69, 9.17) is 0 Å². The number of hydrogen-bond donors (Lipinski definition) is 1. The van der Waals surface area contributed by atoms with E-state index in [2.05, 4.69) is 33.7 Å². The summed E-state index contributed by atoms with van der Waals surface area (Å²) >= 11 is 0. The second-order valence-corrected chi connectivity index (χ2v) is 6.30. The van der Waals surface area contributed by atoms with Crippen LogP contribution in [0.5, 0.6) is 0 Å². The number of anilines is 1. The highest BCUT2D eigenvalue weighted by Gasteiger charge is 2.22. The van der Waals surface area contributed by atoms with Crippen LogP contribution in [-0.4, -0.2) is 29.7 Å². The smallest absolute Gasteiger partial charge is 0.204 e. The van der Waals surface area contributed by atoms with E-state index in [1.165, 1.54) is 44.2 Å². The molecule has 1 fully saturated rings. The molecule has 0 radical (unpaired) electrons. The van der Waals surface area contributed by atoms with Crippen molar-refractivity contribution in [1.82, 2.24) is 14.9 Å². The Kier molecular flexibility index (Phi) is 5.46. The van der Waals surface area contributed by atoms with E-state index >= 15 is 0 Å². The molecule has 0 bridgehead atoms. The van der Waals surface area contributed by atoms with Gasteiger partial charge < -0.3 is 14.8 Å². The molecule has 1 atom stereocenters. The molecular formula is C16H30N4. The first kappa shape index (κ1) is 15.4. The first-order valence-corrected chi connectivity index (χ1v) is 8.04. The third-order valence-electron chi connectivity index (χ3n) is 4.66. The summed E-state index contributed by atoms with van der Waals surface area (Å²) in [4.78, 5) is 6.54. The van der Waals surface area contributed by atoms with Crippen molar-refractivity contribution in [2.45, 2.75) is 58.0 Å². The fourth-order valence-electron chi connectivity index (χ4n) is 3.43. The summed E-state index contributed by atoms with van der Waals surface area (Å²) < 4.78 is 2.18. The molecule has 0 aliphatic heterocycles. The quantitative estimate of drug-likeness (QED) is 0.868. The predicted molar refractivity (Wildman–Crippen MR) is 85.0 cm³/mol. The Hall–Kier alpha value is -1.03. The van der Waals surface area contributed by atoms with Crippen molar-refractivity contribution >= 4 is 5.95 Å². The summed E-state index contributed by atoms with van der Waals surface area (Å²) in [5, 5.41) is 3.77. The van der Waals surface area contributed by atoms with Gasteiger partial charge in [-0.3, -0.25) is 0 Å². The second kappa shape index (κ2) is 7.11. The first-order valence-electron chi connectivity index (χ1n) is 8.04. The molecule has 1 heterocycles. The lowest BCUT2D eigenvalue weighted by Crippen LogP contribution is -2.36. The average molecular weight is 278 g/mol. The Balaban J connectivity index is 1.92. The Labute approximate surface area is 123 Å². The molecule has 0 spiro atoms. The molecule has 1 aliphatic rings. The zero-order valence-corrected chi connectivity index (χ0v) is 13.5. The van der Waals surface area contributed by atoms with Crippen LogP contribution in [0.1, 0.15) is 51.1 Å². The number of nitrogens with zero attached hydrogens (tertiary/aromatic N) is 3. The average Bonchev–Trinajstić information content (AvgIpc) is 2.82. The SMILES string of the molecule is CCC(NCc1cnc(N(C)C)n1C)C1CCCCC1. The van der Waals surface area contributed by atoms with Gasteiger partial charge in [0, 0.05) is 33.7 Å². The van der Waals surface area contributed by atoms with Gasteiger partial charge in [0.1, 0.15) is 0 Å². The lowest BCUT2D eigenvalue weighted by Gasteiger charge is -2.30. The van der Waals surface area contributed by atoms with Crippen molar-refractivity contribution in [2.75, 3.05) is 19.0 Å². The van der Waals surface area contributed by atoms with Crippen molar-refractivity contribution < 1.29 is 0 Å². The number of rotatable bonds is 6. The predicted octanol–water partition coefficient (Wildman–Crippen LogP) is 2.93. The van der Waals surface area contributed by atoms with Gasteiger partial charge in [-0.15, -0.1) is 0 Å². The van der Waals surface area contributed by atoms with Gasteiger partial charge in [0.25, 0.3) is 0 Å². The van der Waals surface area contributed by atoms with Crippen LogP contribution in [0.2, 0.25) is 0 Å². The number of nitrogens with one attached hydrogen (secondary N) is 1. The normalized spacial score (nSPS) is 18.2. The van der Waals surface area contributed by atoms with Gasteiger partial charge in [-0.1, -0.05) is 26.2 Å². The van der Waals surface area contributed by atoms with Crippen LogP contribution in [0, 0.1) is 5.92 Å². The molecule has 4 nitrogen and oxygen atoms in total. The molecule has 2 rings (SSSR count). The molecule has 0 amide bonds. The van der Waals surface area contributed by atoms with Crippen LogP contribution in [-0.2, 0) is 13.6 Å². The highest BCUT2D eigenvalue weighted by molar-refractivity contribution is 5.30. The zero-order valence-electron chi connectivity index (χ0n) is 13.5. The number of imidazole rings is 1. The van der Waals surface area contributed by atoms with Gasteiger partial charge in [-0.2, -0.15) is 0 Å². The Morgan fingerprint density at radius 1 is 1.35 bits per heavy atom. The maximum Gasteiger partial charge on any atom is 0.204 e. The molecule has 1 aromatic rings. The lowest BCUT2D eigenvalue weighted by atomic mass is 9.83. The third kappa shape index (κ3) is 3.54. The third-order valence-corrected chi connectivity index (χ3v) is 4.66. The molecule has 1 N–H and O–H groups in total. The Bertz CT molecular complexity index is 405. The molecule has 1 unspecified atom stereocenters. The van der Waals surface area contributed by atoms with Crippen LogP contribution in [0.15, 0.2) is 6.20 Å². The zero-order chi connectivity index (χ0) is 14.5. The van der Waals surface area contributed by atoms with Crippen LogP contribution in [0.25, 0.3) is 0 Å². The highest BCUT2D eigenvalue weighted by atomic mass is 15.3. The van der Waals surface area contributed by atoms with Gasteiger partial charge in [-0.05, 0) is 25.2 Å². The lowest BCUT2D eigenvalue weighted by molar-refractivity contribution is 0.260. The fourth-order valence-corrected chi connectivity index (χ4v) is 3.43. The van der Waals surface area contributed by atoms with Crippen molar-refractivity contribution in [3.05, 3.63) is 11.9 Å². The van der Waals surface area contributed by atoms with E-state index in [0.717, 1.165) is 18.4 Å². The van der Waals surface area contributed by atoms with Crippen molar-refractivity contribution in [2.24, 2.45) is 13.0 Å². The van der Waals surface area contributed by atoms with Crippen LogP contribution < -0.4 is 10.2 Å². The highest BCUT2D eigenvalue weighted by Crippen LogP contribution is 2.27. The van der Waals surface area contributed by atoms with E-state index in [1.54, 1.807) is 0 Å². The second-order valence-electron chi connectivity index (χ2n) is 6.30. The van der Waals surface area contributed by atoms with Crippen molar-refractivity contribution in [3.63, 3.8) is 0 Å². The molecule has 20 heavy (non-hydrogen) atoms. The standard InChI is InChI=1S/C16H30N4/c1-5-15(13-9-7-6-8-10-13)17-11-14-12-18-16(19(2)3)20(14)4/h12-13,15,17H,5-11H2,1-4H3. The fraction of sp³-hybridized carbons (Fsp3) is 0.812. The largest absolute Gasteiger partial charge is 0.348 e. The Morgan fingerprint density at radius 3 is 2.60 bits per heavy atom. The molecule has 1 saturated carbocycles. The van der Waals surface area contributed by atoms with Gasteiger partial charge in [0.15, 0.2) is 0 Å². The maximum atomic E-state index is 4.48. The minimum absolute atomic E-state index is 0.660. The molecular weight excluding hydrogens is 248 g/mol. The van der Waals surface area contributed by atoms with E-state index < -0.39 is 0 Å². The molecule has 0 saturated heterocycles. The summed E-state index contributed by atoms with van der Waals surface area (Å²) in [6, 6.07) is 0.660. The van der Waals surface area contributed by atoms with Gasteiger partial charge in [0.05, 0.1) is 11.9 Å². The molecule has 1 aliphatic carbocycles. The topological polar surface area (TPSA) is 33.1 Å². The van der Waals surface area contributed by atoms with Gasteiger partial charge in [0.2, 0.25) is 5.95 Å². The van der Waals surface area contributed by atoms with Gasteiger partial charge >= 0.3 is 0 Å². The van der Waals surface area contributed by atoms with Crippen LogP contribution in [0.3, 0.4) is 0 Å². The minimum Gasteiger partial charge on any atom is -0.348 e. The van der Waals surface area contributed by atoms with Gasteiger partial charge in [-0.25, -0.2) is 4.98 Å². The summed E-state index contributed by atoms with van der Waals surface area (Å²) in [5.41, 5.74) is 1.27. The summed E-state index contributed by atoms with van der Waals surface area (Å²) in [6.07, 6.45) is 10.3.